The summed E-state index contributed by atoms with van der Waals surface area (Å²) < 4.78 is 36.3. The zero-order valence-electron chi connectivity index (χ0n) is 19.4. The maximum Gasteiger partial charge on any atom is 0.409 e. The predicted octanol–water partition coefficient (Wildman–Crippen LogP) is 3.83. The van der Waals surface area contributed by atoms with Crippen LogP contribution in [0.15, 0.2) is 17.8 Å². The Kier molecular flexibility index (Phi) is 8.71. The van der Waals surface area contributed by atoms with E-state index in [1.165, 1.54) is 31.3 Å². The number of hydrazine groups is 1. The van der Waals surface area contributed by atoms with E-state index in [-0.39, 0.29) is 25.0 Å². The zero-order valence-corrected chi connectivity index (χ0v) is 19.4. The highest BCUT2D eigenvalue weighted by Gasteiger charge is 2.30. The Hall–Kier alpha value is -2.62. The van der Waals surface area contributed by atoms with Crippen LogP contribution >= 0.6 is 0 Å². The summed E-state index contributed by atoms with van der Waals surface area (Å²) >= 11 is 0. The van der Waals surface area contributed by atoms with Gasteiger partial charge in [-0.2, -0.15) is 0 Å². The minimum atomic E-state index is -2.49. The van der Waals surface area contributed by atoms with Crippen LogP contribution in [0.4, 0.5) is 13.6 Å². The Morgan fingerprint density at radius 1 is 1.18 bits per heavy atom. The molecule has 33 heavy (non-hydrogen) atoms. The summed E-state index contributed by atoms with van der Waals surface area (Å²) in [6.45, 7) is -0.324. The number of hydrogen-bond acceptors (Lipinski definition) is 7. The molecule has 0 saturated heterocycles. The van der Waals surface area contributed by atoms with Gasteiger partial charge in [0.05, 0.1) is 28.9 Å². The van der Waals surface area contributed by atoms with Gasteiger partial charge in [-0.25, -0.2) is 24.4 Å². The highest BCUT2D eigenvalue weighted by Crippen LogP contribution is 2.44. The van der Waals surface area contributed by atoms with Crippen LogP contribution in [0.1, 0.15) is 68.7 Å². The van der Waals surface area contributed by atoms with E-state index < -0.39 is 18.9 Å². The highest BCUT2D eigenvalue weighted by molar-refractivity contribution is 5.68. The number of likely N-dealkylation sites (N-methyl/N-ethyl adjacent to an activating group) is 1. The summed E-state index contributed by atoms with van der Waals surface area (Å²) in [7, 11) is 2.98. The topological polar surface area (TPSA) is 107 Å². The van der Waals surface area contributed by atoms with E-state index in [1.807, 2.05) is 6.07 Å². The number of nitrogens with zero attached hydrogens (tertiary/aromatic N) is 3. The molecule has 1 aromatic rings. The van der Waals surface area contributed by atoms with Gasteiger partial charge >= 0.3 is 6.09 Å². The average Bonchev–Trinajstić information content (AvgIpc) is 3.63. The van der Waals surface area contributed by atoms with Crippen LogP contribution in [0.2, 0.25) is 0 Å². The Morgan fingerprint density at radius 2 is 1.88 bits per heavy atom. The molecule has 0 aliphatic heterocycles. The molecule has 0 radical (unpaired) electrons. The van der Waals surface area contributed by atoms with Crippen molar-refractivity contribution in [3.05, 3.63) is 29.2 Å². The molecule has 1 amide bonds. The van der Waals surface area contributed by atoms with Crippen molar-refractivity contribution < 1.29 is 23.0 Å². The summed E-state index contributed by atoms with van der Waals surface area (Å²) in [5, 5.41) is 1.27. The van der Waals surface area contributed by atoms with Crippen LogP contribution in [-0.4, -0.2) is 60.8 Å². The predicted molar refractivity (Wildman–Crippen MR) is 121 cm³/mol. The van der Waals surface area contributed by atoms with Gasteiger partial charge < -0.3 is 25.1 Å². The Labute approximate surface area is 193 Å². The third kappa shape index (κ3) is 7.18. The maximum absolute atomic E-state index is 12.4. The van der Waals surface area contributed by atoms with Crippen molar-refractivity contribution in [1.29, 1.82) is 0 Å². The quantitative estimate of drug-likeness (QED) is 0.398. The van der Waals surface area contributed by atoms with Gasteiger partial charge in [0.15, 0.2) is 0 Å². The molecular weight excluding hydrogens is 432 g/mol. The highest BCUT2D eigenvalue weighted by atomic mass is 19.3. The van der Waals surface area contributed by atoms with Gasteiger partial charge in [-0.3, -0.25) is 0 Å². The number of pyridine rings is 1. The molecule has 3 rings (SSSR count). The first-order valence-corrected chi connectivity index (χ1v) is 11.6. The van der Waals surface area contributed by atoms with Crippen molar-refractivity contribution in [2.45, 2.75) is 69.8 Å². The number of amides is 1. The number of ether oxygens (including phenoxy) is 2. The molecule has 0 aromatic carbocycles. The zero-order chi connectivity index (χ0) is 24.0. The molecule has 2 fully saturated rings. The molecule has 2 aliphatic rings. The van der Waals surface area contributed by atoms with Gasteiger partial charge in [0, 0.05) is 33.0 Å². The van der Waals surface area contributed by atoms with Crippen molar-refractivity contribution in [3.63, 3.8) is 0 Å². The van der Waals surface area contributed by atoms with E-state index >= 15 is 0 Å². The summed E-state index contributed by atoms with van der Waals surface area (Å²) in [5.74, 6) is 7.11. The second-order valence-corrected chi connectivity index (χ2v) is 8.86. The normalized spacial score (nSPS) is 17.5. The van der Waals surface area contributed by atoms with E-state index in [0.717, 1.165) is 42.0 Å². The standard InChI is InChI=1S/C23H35F2N5O3/c1-29(13-12-20(24)25)23(31)32-14-18(30(2)27)21(26)17-10-11-19(22(28-17)15-8-9-15)33-16-6-4-3-5-7-16/h10-11,15-16,20H,3-9,12-14,26-27H2,1-2H3/b21-18-. The van der Waals surface area contributed by atoms with Crippen LogP contribution in [-0.2, 0) is 4.74 Å². The van der Waals surface area contributed by atoms with Gasteiger partial charge in [-0.15, -0.1) is 0 Å². The Morgan fingerprint density at radius 3 is 2.48 bits per heavy atom. The number of nitrogens with two attached hydrogens (primary N) is 2. The van der Waals surface area contributed by atoms with Crippen LogP contribution < -0.4 is 16.3 Å². The lowest BCUT2D eigenvalue weighted by Gasteiger charge is -2.25. The molecule has 1 aromatic heterocycles. The number of aromatic nitrogens is 1. The van der Waals surface area contributed by atoms with Gasteiger partial charge in [0.1, 0.15) is 12.4 Å². The molecule has 0 spiro atoms. The van der Waals surface area contributed by atoms with E-state index in [1.54, 1.807) is 13.1 Å². The molecule has 2 aliphatic carbocycles. The first-order valence-electron chi connectivity index (χ1n) is 11.6. The third-order valence-electron chi connectivity index (χ3n) is 6.04. The lowest BCUT2D eigenvalue weighted by Crippen LogP contribution is -2.34. The Bertz CT molecular complexity index is 839. The van der Waals surface area contributed by atoms with Crippen LogP contribution in [0.3, 0.4) is 0 Å². The van der Waals surface area contributed by atoms with Crippen molar-refractivity contribution >= 4 is 11.8 Å². The number of carbonyl (C=O) groups excluding carboxylic acids is 1. The molecular formula is C23H35F2N5O3. The third-order valence-corrected chi connectivity index (χ3v) is 6.04. The summed E-state index contributed by atoms with van der Waals surface area (Å²) in [6.07, 6.45) is 4.47. The molecule has 8 nitrogen and oxygen atoms in total. The molecule has 184 valence electrons. The fraction of sp³-hybridized carbons (Fsp3) is 0.652. The largest absolute Gasteiger partial charge is 0.489 e. The lowest BCUT2D eigenvalue weighted by atomic mass is 9.98. The fourth-order valence-corrected chi connectivity index (χ4v) is 3.86. The summed E-state index contributed by atoms with van der Waals surface area (Å²) in [6, 6.07) is 3.70. The molecule has 2 saturated carbocycles. The number of hydrogen-bond donors (Lipinski definition) is 2. The van der Waals surface area contributed by atoms with Crippen molar-refractivity contribution in [2.24, 2.45) is 11.6 Å². The Balaban J connectivity index is 1.73. The van der Waals surface area contributed by atoms with Gasteiger partial charge in [-0.1, -0.05) is 6.42 Å². The van der Waals surface area contributed by atoms with Crippen molar-refractivity contribution in [3.8, 4) is 5.75 Å². The van der Waals surface area contributed by atoms with Gasteiger partial charge in [0.25, 0.3) is 0 Å². The number of halogens is 2. The number of alkyl halides is 2. The minimum absolute atomic E-state index is 0.113. The lowest BCUT2D eigenvalue weighted by molar-refractivity contribution is 0.0945. The van der Waals surface area contributed by atoms with Crippen LogP contribution in [0, 0.1) is 0 Å². The molecule has 0 bridgehead atoms. The summed E-state index contributed by atoms with van der Waals surface area (Å²) in [4.78, 5) is 18.0. The fourth-order valence-electron chi connectivity index (χ4n) is 3.86. The monoisotopic (exact) mass is 467 g/mol. The second kappa shape index (κ2) is 11.5. The van der Waals surface area contributed by atoms with E-state index in [9.17, 15) is 13.6 Å². The molecule has 4 N–H and O–H groups in total. The van der Waals surface area contributed by atoms with Crippen molar-refractivity contribution in [1.82, 2.24) is 14.9 Å². The summed E-state index contributed by atoms with van der Waals surface area (Å²) in [5.41, 5.74) is 8.46. The maximum atomic E-state index is 12.4. The van der Waals surface area contributed by atoms with Crippen molar-refractivity contribution in [2.75, 3.05) is 27.2 Å². The van der Waals surface area contributed by atoms with Gasteiger partial charge in [0.2, 0.25) is 6.43 Å². The van der Waals surface area contributed by atoms with E-state index in [4.69, 9.17) is 26.0 Å². The molecule has 0 unspecified atom stereocenters. The number of rotatable bonds is 10. The first-order chi connectivity index (χ1) is 15.8. The first kappa shape index (κ1) is 25.0. The van der Waals surface area contributed by atoms with Crippen LogP contribution in [0.25, 0.3) is 5.70 Å². The van der Waals surface area contributed by atoms with E-state index in [2.05, 4.69) is 0 Å². The molecule has 10 heteroatoms. The van der Waals surface area contributed by atoms with Gasteiger partial charge in [-0.05, 0) is 50.7 Å². The average molecular weight is 468 g/mol. The SMILES string of the molecule is CN(CCC(F)F)C(=O)OC/C(=C(/N)c1ccc(OC2CCCCC2)c(C2CC2)n1)N(C)N. The second-order valence-electron chi connectivity index (χ2n) is 8.86. The molecule has 0 atom stereocenters. The smallest absolute Gasteiger partial charge is 0.409 e. The molecule has 1 heterocycles. The minimum Gasteiger partial charge on any atom is -0.489 e. The van der Waals surface area contributed by atoms with Crippen LogP contribution in [0.5, 0.6) is 5.75 Å². The number of carbonyl (C=O) groups is 1. The van der Waals surface area contributed by atoms with E-state index in [0.29, 0.717) is 17.3 Å².